The molecule has 3 amide bonds. The maximum absolute atomic E-state index is 12.2. The first-order valence-corrected chi connectivity index (χ1v) is 14.3. The van der Waals surface area contributed by atoms with Crippen LogP contribution < -0.4 is 15.4 Å². The van der Waals surface area contributed by atoms with Gasteiger partial charge >= 0.3 is 6.09 Å². The Labute approximate surface area is 228 Å². The Morgan fingerprint density at radius 1 is 0.821 bits per heavy atom. The zero-order valence-corrected chi connectivity index (χ0v) is 22.4. The van der Waals surface area contributed by atoms with Crippen molar-refractivity contribution in [1.29, 1.82) is 0 Å². The summed E-state index contributed by atoms with van der Waals surface area (Å²) < 4.78 is 31.7. The third-order valence-corrected chi connectivity index (χ3v) is 7.80. The Bertz CT molecular complexity index is 1410. The fourth-order valence-electron chi connectivity index (χ4n) is 4.48. The summed E-state index contributed by atoms with van der Waals surface area (Å²) in [6, 6.07) is 23.5. The normalized spacial score (nSPS) is 12.2. The van der Waals surface area contributed by atoms with E-state index in [-0.39, 0.29) is 31.3 Å². The summed E-state index contributed by atoms with van der Waals surface area (Å²) in [4.78, 5) is 36.3. The van der Waals surface area contributed by atoms with Gasteiger partial charge in [-0.3, -0.25) is 14.3 Å². The van der Waals surface area contributed by atoms with Gasteiger partial charge in [0.1, 0.15) is 13.2 Å². The topological polar surface area (TPSA) is 131 Å². The summed E-state index contributed by atoms with van der Waals surface area (Å²) in [5, 5.41) is 5.02. The summed E-state index contributed by atoms with van der Waals surface area (Å²) in [7, 11) is -3.96. The quantitative estimate of drug-likeness (QED) is 0.336. The molecule has 0 unspecified atom stereocenters. The average Bonchev–Trinajstić information content (AvgIpc) is 3.23. The molecule has 0 radical (unpaired) electrons. The molecule has 1 aliphatic rings. The van der Waals surface area contributed by atoms with Crippen molar-refractivity contribution < 1.29 is 27.5 Å². The van der Waals surface area contributed by atoms with Crippen LogP contribution >= 0.6 is 0 Å². The predicted octanol–water partition coefficient (Wildman–Crippen LogP) is 3.38. The molecule has 3 aromatic carbocycles. The van der Waals surface area contributed by atoms with Gasteiger partial charge in [0.2, 0.25) is 15.9 Å². The van der Waals surface area contributed by atoms with Crippen LogP contribution in [-0.2, 0) is 30.9 Å². The molecule has 204 valence electrons. The van der Waals surface area contributed by atoms with E-state index in [4.69, 9.17) is 4.74 Å². The molecule has 3 aromatic rings. The molecule has 0 aliphatic heterocycles. The summed E-state index contributed by atoms with van der Waals surface area (Å²) in [5.74, 6) is -1.71. The van der Waals surface area contributed by atoms with E-state index in [0.29, 0.717) is 6.54 Å². The molecule has 0 fully saturated rings. The number of carbonyl (C=O) groups is 3. The van der Waals surface area contributed by atoms with Gasteiger partial charge in [0.25, 0.3) is 5.91 Å². The molecule has 0 heterocycles. The third kappa shape index (κ3) is 7.67. The van der Waals surface area contributed by atoms with Crippen LogP contribution in [0.4, 0.5) is 4.79 Å². The smallest absolute Gasteiger partial charge is 0.407 e. The molecular formula is C29H31N3O6S. The van der Waals surface area contributed by atoms with Gasteiger partial charge in [-0.25, -0.2) is 13.2 Å². The molecule has 0 saturated carbocycles. The molecular weight excluding hydrogens is 518 g/mol. The number of fused-ring (bicyclic) bond motifs is 3. The van der Waals surface area contributed by atoms with Crippen LogP contribution in [0.5, 0.6) is 0 Å². The predicted molar refractivity (Wildman–Crippen MR) is 147 cm³/mol. The Hall–Kier alpha value is -4.18. The second kappa shape index (κ2) is 12.6. The van der Waals surface area contributed by atoms with Crippen LogP contribution in [0.25, 0.3) is 11.1 Å². The number of ether oxygens (including phenoxy) is 1. The Morgan fingerprint density at radius 3 is 2.08 bits per heavy atom. The van der Waals surface area contributed by atoms with Crippen molar-refractivity contribution in [2.24, 2.45) is 0 Å². The summed E-state index contributed by atoms with van der Waals surface area (Å²) in [6.45, 7) is 1.84. The molecule has 1 aliphatic carbocycles. The van der Waals surface area contributed by atoms with Gasteiger partial charge < -0.3 is 15.4 Å². The number of hydrogen-bond donors (Lipinski definition) is 3. The molecule has 0 aromatic heterocycles. The van der Waals surface area contributed by atoms with Gasteiger partial charge in [-0.1, -0.05) is 78.4 Å². The van der Waals surface area contributed by atoms with Gasteiger partial charge in [-0.05, 0) is 41.2 Å². The van der Waals surface area contributed by atoms with Crippen LogP contribution in [-0.4, -0.2) is 45.2 Å². The summed E-state index contributed by atoms with van der Waals surface area (Å²) in [5.41, 5.74) is 6.35. The molecule has 3 N–H and O–H groups in total. The van der Waals surface area contributed by atoms with Gasteiger partial charge in [0.05, 0.1) is 5.75 Å². The second-order valence-corrected chi connectivity index (χ2v) is 11.2. The van der Waals surface area contributed by atoms with Crippen molar-refractivity contribution >= 4 is 27.9 Å². The average molecular weight is 550 g/mol. The van der Waals surface area contributed by atoms with Crippen LogP contribution in [0.1, 0.15) is 41.0 Å². The minimum absolute atomic E-state index is 0.00103. The lowest BCUT2D eigenvalue weighted by atomic mass is 9.98. The highest BCUT2D eigenvalue weighted by molar-refractivity contribution is 7.90. The van der Waals surface area contributed by atoms with E-state index in [0.717, 1.165) is 33.4 Å². The minimum Gasteiger partial charge on any atom is -0.449 e. The van der Waals surface area contributed by atoms with Crippen LogP contribution in [0.3, 0.4) is 0 Å². The third-order valence-electron chi connectivity index (χ3n) is 6.43. The lowest BCUT2D eigenvalue weighted by Crippen LogP contribution is -2.41. The summed E-state index contributed by atoms with van der Waals surface area (Å²) >= 11 is 0. The number of rotatable bonds is 11. The highest BCUT2D eigenvalue weighted by Gasteiger charge is 2.29. The van der Waals surface area contributed by atoms with Gasteiger partial charge in [-0.2, -0.15) is 0 Å². The van der Waals surface area contributed by atoms with Crippen LogP contribution in [0, 0.1) is 6.92 Å². The van der Waals surface area contributed by atoms with E-state index in [2.05, 4.69) is 10.6 Å². The largest absolute Gasteiger partial charge is 0.449 e. The van der Waals surface area contributed by atoms with Crippen LogP contribution in [0.2, 0.25) is 0 Å². The molecule has 0 bridgehead atoms. The van der Waals surface area contributed by atoms with Crippen molar-refractivity contribution in [3.8, 4) is 11.1 Å². The molecule has 0 spiro atoms. The number of nitrogens with one attached hydrogen (secondary N) is 3. The van der Waals surface area contributed by atoms with Crippen molar-refractivity contribution in [1.82, 2.24) is 15.4 Å². The first-order valence-electron chi connectivity index (χ1n) is 12.7. The zero-order chi connectivity index (χ0) is 27.8. The Balaban J connectivity index is 1.15. The molecule has 9 nitrogen and oxygen atoms in total. The van der Waals surface area contributed by atoms with Crippen molar-refractivity contribution in [3.63, 3.8) is 0 Å². The maximum atomic E-state index is 12.2. The van der Waals surface area contributed by atoms with Crippen molar-refractivity contribution in [3.05, 3.63) is 95.1 Å². The Morgan fingerprint density at radius 2 is 1.44 bits per heavy atom. The van der Waals surface area contributed by atoms with E-state index in [1.807, 2.05) is 84.4 Å². The van der Waals surface area contributed by atoms with Crippen molar-refractivity contribution in [2.75, 3.05) is 18.9 Å². The highest BCUT2D eigenvalue weighted by atomic mass is 32.2. The van der Waals surface area contributed by atoms with E-state index < -0.39 is 34.3 Å². The molecule has 0 saturated heterocycles. The highest BCUT2D eigenvalue weighted by Crippen LogP contribution is 2.44. The first-order chi connectivity index (χ1) is 18.7. The minimum atomic E-state index is -3.96. The van der Waals surface area contributed by atoms with E-state index >= 15 is 0 Å². The fraction of sp³-hybridized carbons (Fsp3) is 0.276. The second-order valence-electron chi connectivity index (χ2n) is 9.39. The number of hydrogen-bond acceptors (Lipinski definition) is 6. The fourth-order valence-corrected chi connectivity index (χ4v) is 5.53. The standard InChI is InChI=1S/C29H31N3O6S/c1-20-12-14-21(15-13-20)17-30-27(33)11-6-16-39(36,37)32-28(34)18-31-29(35)38-19-26-24-9-4-2-7-22(24)23-8-3-5-10-25(23)26/h2-5,7-10,12-15,26H,6,11,16-19H2,1H3,(H,30,33)(H,31,35)(H,32,34). The van der Waals surface area contributed by atoms with E-state index in [1.54, 1.807) is 0 Å². The molecule has 0 atom stereocenters. The van der Waals surface area contributed by atoms with Crippen LogP contribution in [0.15, 0.2) is 72.8 Å². The summed E-state index contributed by atoms with van der Waals surface area (Å²) in [6.07, 6.45) is -0.782. The monoisotopic (exact) mass is 549 g/mol. The number of benzene rings is 3. The van der Waals surface area contributed by atoms with E-state index in [1.165, 1.54) is 0 Å². The van der Waals surface area contributed by atoms with Crippen molar-refractivity contribution in [2.45, 2.75) is 32.2 Å². The van der Waals surface area contributed by atoms with Gasteiger partial charge in [0, 0.05) is 18.9 Å². The lowest BCUT2D eigenvalue weighted by Gasteiger charge is -2.14. The molecule has 4 rings (SSSR count). The first kappa shape index (κ1) is 27.8. The van der Waals surface area contributed by atoms with E-state index in [9.17, 15) is 22.8 Å². The zero-order valence-electron chi connectivity index (χ0n) is 21.6. The number of aryl methyl sites for hydroxylation is 1. The lowest BCUT2D eigenvalue weighted by molar-refractivity contribution is -0.121. The number of sulfonamides is 1. The number of carbonyl (C=O) groups excluding carboxylic acids is 3. The maximum Gasteiger partial charge on any atom is 0.407 e. The van der Waals surface area contributed by atoms with Gasteiger partial charge in [-0.15, -0.1) is 0 Å². The molecule has 10 heteroatoms. The van der Waals surface area contributed by atoms with Gasteiger partial charge in [0.15, 0.2) is 0 Å². The number of amides is 3. The molecule has 39 heavy (non-hydrogen) atoms. The SMILES string of the molecule is Cc1ccc(CNC(=O)CCCS(=O)(=O)NC(=O)CNC(=O)OCC2c3ccccc3-c3ccccc32)cc1. The number of alkyl carbamates (subject to hydrolysis) is 1. The Kier molecular flexibility index (Phi) is 8.98.